The number of fused-ring (bicyclic) bond motifs is 2. The van der Waals surface area contributed by atoms with Crippen molar-refractivity contribution in [3.8, 4) is 0 Å². The molecule has 1 aromatic heterocycles. The maximum absolute atomic E-state index is 12.5. The number of nitrogens with one attached hydrogen (secondary N) is 1. The van der Waals surface area contributed by atoms with E-state index in [4.69, 9.17) is 0 Å². The molecule has 140 valence electrons. The zero-order valence-electron chi connectivity index (χ0n) is 15.7. The molecule has 1 amide bonds. The van der Waals surface area contributed by atoms with Gasteiger partial charge in [0.15, 0.2) is 5.16 Å². The molecule has 0 atom stereocenters. The molecule has 1 aliphatic rings. The molecule has 6 heteroatoms. The Bertz CT molecular complexity index is 981. The van der Waals surface area contributed by atoms with Crippen molar-refractivity contribution in [2.75, 3.05) is 29.1 Å². The number of nitrogens with zero attached hydrogens (tertiary/aromatic N) is 3. The number of rotatable bonds is 6. The normalized spacial score (nSPS) is 13.2. The highest BCUT2D eigenvalue weighted by atomic mass is 32.2. The Balaban J connectivity index is 1.44. The Morgan fingerprint density at radius 1 is 1.19 bits per heavy atom. The number of benzene rings is 2. The van der Waals surface area contributed by atoms with Crippen molar-refractivity contribution < 1.29 is 4.79 Å². The lowest BCUT2D eigenvalue weighted by Gasteiger charge is -2.17. The fourth-order valence-corrected chi connectivity index (χ4v) is 4.53. The monoisotopic (exact) mass is 380 g/mol. The van der Waals surface area contributed by atoms with Crippen LogP contribution in [-0.2, 0) is 17.8 Å². The molecule has 0 unspecified atom stereocenters. The fourth-order valence-electron chi connectivity index (χ4n) is 3.65. The maximum atomic E-state index is 12.5. The van der Waals surface area contributed by atoms with Crippen molar-refractivity contribution in [3.63, 3.8) is 0 Å². The third kappa shape index (κ3) is 3.54. The topological polar surface area (TPSA) is 50.2 Å². The summed E-state index contributed by atoms with van der Waals surface area (Å²) in [4.78, 5) is 19.5. The first-order chi connectivity index (χ1) is 13.2. The zero-order chi connectivity index (χ0) is 18.8. The zero-order valence-corrected chi connectivity index (χ0v) is 16.6. The van der Waals surface area contributed by atoms with Crippen LogP contribution < -0.4 is 10.2 Å². The number of carbonyl (C=O) groups excluding carboxylic acids is 1. The van der Waals surface area contributed by atoms with Crippen molar-refractivity contribution in [1.82, 2.24) is 9.55 Å². The van der Waals surface area contributed by atoms with E-state index in [9.17, 15) is 4.79 Å². The van der Waals surface area contributed by atoms with Crippen LogP contribution in [0, 0.1) is 0 Å². The van der Waals surface area contributed by atoms with Gasteiger partial charge in [-0.1, -0.05) is 30.0 Å². The van der Waals surface area contributed by atoms with Gasteiger partial charge in [0.2, 0.25) is 5.91 Å². The van der Waals surface area contributed by atoms with E-state index in [-0.39, 0.29) is 5.91 Å². The molecular weight excluding hydrogens is 356 g/mol. The highest BCUT2D eigenvalue weighted by Gasteiger charge is 2.18. The summed E-state index contributed by atoms with van der Waals surface area (Å²) in [6.45, 7) is 7.15. The number of hydrogen-bond donors (Lipinski definition) is 1. The van der Waals surface area contributed by atoms with Crippen molar-refractivity contribution >= 4 is 40.1 Å². The summed E-state index contributed by atoms with van der Waals surface area (Å²) in [5.74, 6) is 0.341. The SMILES string of the molecule is CCN1CCc2ccc(NC(=O)CSc3nc4ccccc4n3CC)cc21. The average Bonchev–Trinajstić information content (AvgIpc) is 3.26. The molecule has 3 aromatic rings. The van der Waals surface area contributed by atoms with Crippen LogP contribution in [0.15, 0.2) is 47.6 Å². The number of hydrogen-bond acceptors (Lipinski definition) is 4. The Kier molecular flexibility index (Phi) is 5.07. The van der Waals surface area contributed by atoms with Crippen LogP contribution >= 0.6 is 11.8 Å². The smallest absolute Gasteiger partial charge is 0.234 e. The quantitative estimate of drug-likeness (QED) is 0.652. The number of aryl methyl sites for hydroxylation is 1. The summed E-state index contributed by atoms with van der Waals surface area (Å²) in [6.07, 6.45) is 1.08. The lowest BCUT2D eigenvalue weighted by Crippen LogP contribution is -2.19. The first kappa shape index (κ1) is 17.9. The summed E-state index contributed by atoms with van der Waals surface area (Å²) < 4.78 is 2.15. The van der Waals surface area contributed by atoms with E-state index in [1.165, 1.54) is 23.0 Å². The molecule has 27 heavy (non-hydrogen) atoms. The lowest BCUT2D eigenvalue weighted by atomic mass is 10.1. The van der Waals surface area contributed by atoms with Gasteiger partial charge in [0.05, 0.1) is 16.8 Å². The Morgan fingerprint density at radius 3 is 2.85 bits per heavy atom. The molecule has 1 aliphatic heterocycles. The second-order valence-corrected chi connectivity index (χ2v) is 7.58. The van der Waals surface area contributed by atoms with Crippen LogP contribution in [0.25, 0.3) is 11.0 Å². The van der Waals surface area contributed by atoms with Gasteiger partial charge in [0.25, 0.3) is 0 Å². The minimum absolute atomic E-state index is 0.00398. The number of carbonyl (C=O) groups is 1. The summed E-state index contributed by atoms with van der Waals surface area (Å²) in [5, 5.41) is 3.92. The first-order valence-electron chi connectivity index (χ1n) is 9.45. The van der Waals surface area contributed by atoms with Crippen LogP contribution in [-0.4, -0.2) is 34.3 Å². The molecule has 2 heterocycles. The number of likely N-dealkylation sites (N-methyl/N-ethyl adjacent to an activating group) is 1. The molecule has 4 rings (SSSR count). The van der Waals surface area contributed by atoms with Gasteiger partial charge in [-0.15, -0.1) is 0 Å². The molecule has 0 bridgehead atoms. The number of imidazole rings is 1. The highest BCUT2D eigenvalue weighted by molar-refractivity contribution is 7.99. The van der Waals surface area contributed by atoms with Gasteiger partial charge >= 0.3 is 0 Å². The molecule has 0 saturated carbocycles. The molecular formula is C21H24N4OS. The van der Waals surface area contributed by atoms with Gasteiger partial charge in [0.1, 0.15) is 0 Å². The third-order valence-electron chi connectivity index (χ3n) is 5.01. The van der Waals surface area contributed by atoms with E-state index in [0.717, 1.165) is 47.9 Å². The highest BCUT2D eigenvalue weighted by Crippen LogP contribution is 2.31. The summed E-state index contributed by atoms with van der Waals surface area (Å²) in [6, 6.07) is 14.3. The minimum atomic E-state index is -0.00398. The molecule has 0 radical (unpaired) electrons. The maximum Gasteiger partial charge on any atom is 0.234 e. The largest absolute Gasteiger partial charge is 0.371 e. The predicted molar refractivity (Wildman–Crippen MR) is 113 cm³/mol. The van der Waals surface area contributed by atoms with E-state index >= 15 is 0 Å². The van der Waals surface area contributed by atoms with Crippen molar-refractivity contribution in [2.24, 2.45) is 0 Å². The second-order valence-electron chi connectivity index (χ2n) is 6.64. The number of amides is 1. The molecule has 0 spiro atoms. The lowest BCUT2D eigenvalue weighted by molar-refractivity contribution is -0.113. The van der Waals surface area contributed by atoms with Crippen LogP contribution in [0.1, 0.15) is 19.4 Å². The Hall–Kier alpha value is -2.47. The molecule has 2 aromatic carbocycles. The first-order valence-corrected chi connectivity index (χ1v) is 10.4. The number of thioether (sulfide) groups is 1. The third-order valence-corrected chi connectivity index (χ3v) is 5.99. The molecule has 0 saturated heterocycles. The van der Waals surface area contributed by atoms with Gasteiger partial charge < -0.3 is 14.8 Å². The van der Waals surface area contributed by atoms with Gasteiger partial charge in [0, 0.05) is 31.0 Å². The van der Waals surface area contributed by atoms with E-state index in [0.29, 0.717) is 5.75 Å². The van der Waals surface area contributed by atoms with E-state index < -0.39 is 0 Å². The standard InChI is InChI=1S/C21H24N4OS/c1-3-24-12-11-15-9-10-16(13-19(15)24)22-20(26)14-27-21-23-17-7-5-6-8-18(17)25(21)4-2/h5-10,13H,3-4,11-12,14H2,1-2H3,(H,22,26). The van der Waals surface area contributed by atoms with Gasteiger partial charge in [-0.2, -0.15) is 0 Å². The van der Waals surface area contributed by atoms with Crippen molar-refractivity contribution in [1.29, 1.82) is 0 Å². The number of para-hydroxylation sites is 2. The van der Waals surface area contributed by atoms with Gasteiger partial charge in [-0.3, -0.25) is 4.79 Å². The van der Waals surface area contributed by atoms with Crippen molar-refractivity contribution in [2.45, 2.75) is 32.0 Å². The molecule has 0 aliphatic carbocycles. The minimum Gasteiger partial charge on any atom is -0.371 e. The molecule has 1 N–H and O–H groups in total. The van der Waals surface area contributed by atoms with Crippen LogP contribution in [0.2, 0.25) is 0 Å². The predicted octanol–water partition coefficient (Wildman–Crippen LogP) is 4.17. The van der Waals surface area contributed by atoms with E-state index in [2.05, 4.69) is 51.8 Å². The fraction of sp³-hybridized carbons (Fsp3) is 0.333. The molecule has 0 fully saturated rings. The van der Waals surface area contributed by atoms with Crippen LogP contribution in [0.4, 0.5) is 11.4 Å². The Morgan fingerprint density at radius 2 is 2.04 bits per heavy atom. The number of anilines is 2. The summed E-state index contributed by atoms with van der Waals surface area (Å²) in [7, 11) is 0. The second kappa shape index (κ2) is 7.64. The van der Waals surface area contributed by atoms with Gasteiger partial charge in [-0.25, -0.2) is 4.98 Å². The van der Waals surface area contributed by atoms with Crippen LogP contribution in [0.5, 0.6) is 0 Å². The van der Waals surface area contributed by atoms with E-state index in [1.807, 2.05) is 24.3 Å². The summed E-state index contributed by atoms with van der Waals surface area (Å²) >= 11 is 1.48. The number of aromatic nitrogens is 2. The van der Waals surface area contributed by atoms with Crippen molar-refractivity contribution in [3.05, 3.63) is 48.0 Å². The van der Waals surface area contributed by atoms with E-state index in [1.54, 1.807) is 0 Å². The average molecular weight is 381 g/mol. The van der Waals surface area contributed by atoms with Crippen LogP contribution in [0.3, 0.4) is 0 Å². The summed E-state index contributed by atoms with van der Waals surface area (Å²) in [5.41, 5.74) is 5.56. The Labute approximate surface area is 163 Å². The molecule has 5 nitrogen and oxygen atoms in total. The van der Waals surface area contributed by atoms with Gasteiger partial charge in [-0.05, 0) is 50.1 Å².